The molecule has 0 aromatic heterocycles. The van der Waals surface area contributed by atoms with E-state index in [1.54, 1.807) is 20.8 Å². The van der Waals surface area contributed by atoms with Gasteiger partial charge >= 0.3 is 12.1 Å². The zero-order valence-electron chi connectivity index (χ0n) is 10.7. The second-order valence-corrected chi connectivity index (χ2v) is 6.10. The summed E-state index contributed by atoms with van der Waals surface area (Å²) in [4.78, 5) is 22.0. The van der Waals surface area contributed by atoms with Crippen LogP contribution in [0.4, 0.5) is 4.79 Å². The summed E-state index contributed by atoms with van der Waals surface area (Å²) >= 11 is 4.03. The Morgan fingerprint density at radius 1 is 1.29 bits per heavy atom. The van der Waals surface area contributed by atoms with E-state index in [-0.39, 0.29) is 0 Å². The zero-order chi connectivity index (χ0) is 13.7. The van der Waals surface area contributed by atoms with Gasteiger partial charge in [-0.1, -0.05) is 0 Å². The molecule has 17 heavy (non-hydrogen) atoms. The number of aliphatic carboxylic acids is 1. The smallest absolute Gasteiger partial charge is 0.407 e. The lowest BCUT2D eigenvalue weighted by Crippen LogP contribution is -2.34. The third kappa shape index (κ3) is 7.90. The summed E-state index contributed by atoms with van der Waals surface area (Å²) in [5.74, 6) is -0.960. The van der Waals surface area contributed by atoms with Crippen LogP contribution in [0.3, 0.4) is 0 Å². The summed E-state index contributed by atoms with van der Waals surface area (Å²) in [5, 5.41) is 11.4. The molecule has 0 saturated carbocycles. The number of thiol groups is 1. The molecule has 1 atom stereocenters. The number of amides is 1. The van der Waals surface area contributed by atoms with Crippen LogP contribution < -0.4 is 5.32 Å². The molecule has 0 bridgehead atoms. The predicted octanol–water partition coefficient (Wildman–Crippen LogP) is 2.06. The van der Waals surface area contributed by atoms with Gasteiger partial charge in [0.25, 0.3) is 0 Å². The molecule has 0 aromatic carbocycles. The number of rotatable bonds is 5. The third-order valence-electron chi connectivity index (χ3n) is 1.97. The van der Waals surface area contributed by atoms with E-state index in [0.29, 0.717) is 19.4 Å². The van der Waals surface area contributed by atoms with E-state index in [2.05, 4.69) is 17.9 Å². The maximum absolute atomic E-state index is 11.2. The first-order valence-electron chi connectivity index (χ1n) is 5.47. The molecule has 1 amide bonds. The SMILES string of the molecule is CC(C)(C)OC(=O)NCCCC(C)(S)C(=O)O. The fourth-order valence-corrected chi connectivity index (χ4v) is 1.20. The van der Waals surface area contributed by atoms with Crippen LogP contribution in [0.15, 0.2) is 0 Å². The number of carboxylic acids is 1. The molecule has 0 heterocycles. The molecule has 0 rings (SSSR count). The van der Waals surface area contributed by atoms with Gasteiger partial charge in [0.05, 0.1) is 0 Å². The lowest BCUT2D eigenvalue weighted by Gasteiger charge is -2.20. The average molecular weight is 263 g/mol. The minimum Gasteiger partial charge on any atom is -0.480 e. The Balaban J connectivity index is 3.80. The second kappa shape index (κ2) is 6.14. The molecule has 2 N–H and O–H groups in total. The number of carboxylic acid groups (broad SMARTS) is 1. The second-order valence-electron chi connectivity index (χ2n) is 5.11. The molecular formula is C11H21NO4S. The fourth-order valence-electron chi connectivity index (χ4n) is 1.04. The number of alkyl carbamates (subject to hydrolysis) is 1. The summed E-state index contributed by atoms with van der Waals surface area (Å²) in [5.41, 5.74) is -0.525. The van der Waals surface area contributed by atoms with Crippen molar-refractivity contribution >= 4 is 24.7 Å². The fraction of sp³-hybridized carbons (Fsp3) is 0.818. The van der Waals surface area contributed by atoms with E-state index in [1.807, 2.05) is 0 Å². The van der Waals surface area contributed by atoms with Gasteiger partial charge in [0.1, 0.15) is 10.3 Å². The van der Waals surface area contributed by atoms with Crippen molar-refractivity contribution in [2.45, 2.75) is 50.9 Å². The first-order chi connectivity index (χ1) is 7.54. The highest BCUT2D eigenvalue weighted by Gasteiger charge is 2.27. The summed E-state index contributed by atoms with van der Waals surface area (Å²) in [6.07, 6.45) is 0.418. The molecule has 0 aliphatic heterocycles. The Bertz CT molecular complexity index is 284. The number of hydrogen-bond acceptors (Lipinski definition) is 4. The number of carbonyl (C=O) groups is 2. The largest absolute Gasteiger partial charge is 0.480 e. The predicted molar refractivity (Wildman–Crippen MR) is 68.5 cm³/mol. The lowest BCUT2D eigenvalue weighted by molar-refractivity contribution is -0.139. The summed E-state index contributed by atoms with van der Waals surface area (Å²) in [6, 6.07) is 0. The van der Waals surface area contributed by atoms with Crippen LogP contribution in [-0.2, 0) is 9.53 Å². The maximum atomic E-state index is 11.2. The Hall–Kier alpha value is -0.910. The Morgan fingerprint density at radius 3 is 2.24 bits per heavy atom. The molecule has 0 aromatic rings. The zero-order valence-corrected chi connectivity index (χ0v) is 11.6. The van der Waals surface area contributed by atoms with Crippen LogP contribution in [0.1, 0.15) is 40.5 Å². The maximum Gasteiger partial charge on any atom is 0.407 e. The van der Waals surface area contributed by atoms with Gasteiger partial charge in [0, 0.05) is 6.54 Å². The molecule has 0 saturated heterocycles. The van der Waals surface area contributed by atoms with Crippen molar-refractivity contribution in [3.05, 3.63) is 0 Å². The normalized spacial score (nSPS) is 14.9. The number of carbonyl (C=O) groups excluding carboxylic acids is 1. The molecular weight excluding hydrogens is 242 g/mol. The molecule has 5 nitrogen and oxygen atoms in total. The Labute approximate surface area is 107 Å². The molecule has 6 heteroatoms. The first kappa shape index (κ1) is 16.1. The van der Waals surface area contributed by atoms with Gasteiger partial charge in [-0.15, -0.1) is 0 Å². The van der Waals surface area contributed by atoms with E-state index in [4.69, 9.17) is 9.84 Å². The third-order valence-corrected chi connectivity index (χ3v) is 2.38. The van der Waals surface area contributed by atoms with Gasteiger partial charge < -0.3 is 15.2 Å². The highest BCUT2D eigenvalue weighted by Crippen LogP contribution is 2.20. The lowest BCUT2D eigenvalue weighted by atomic mass is 10.1. The average Bonchev–Trinajstić information content (AvgIpc) is 2.09. The van der Waals surface area contributed by atoms with Crippen LogP contribution in [0.25, 0.3) is 0 Å². The van der Waals surface area contributed by atoms with Gasteiger partial charge in [0.15, 0.2) is 0 Å². The van der Waals surface area contributed by atoms with Crippen molar-refractivity contribution in [1.82, 2.24) is 5.32 Å². The quantitative estimate of drug-likeness (QED) is 0.524. The Morgan fingerprint density at radius 2 is 1.82 bits per heavy atom. The molecule has 0 radical (unpaired) electrons. The topological polar surface area (TPSA) is 75.6 Å². The number of ether oxygens (including phenoxy) is 1. The van der Waals surface area contributed by atoms with Crippen LogP contribution in [0.2, 0.25) is 0 Å². The molecule has 0 spiro atoms. The van der Waals surface area contributed by atoms with E-state index >= 15 is 0 Å². The van der Waals surface area contributed by atoms with E-state index in [1.165, 1.54) is 6.92 Å². The van der Waals surface area contributed by atoms with Crippen LogP contribution in [0, 0.1) is 0 Å². The Kier molecular flexibility index (Phi) is 5.81. The van der Waals surface area contributed by atoms with Crippen molar-refractivity contribution in [2.75, 3.05) is 6.54 Å². The van der Waals surface area contributed by atoms with Gasteiger partial charge in [-0.3, -0.25) is 4.79 Å². The summed E-state index contributed by atoms with van der Waals surface area (Å²) in [7, 11) is 0. The standard InChI is InChI=1S/C11H21NO4S/c1-10(2,3)16-9(15)12-7-5-6-11(4,17)8(13)14/h17H,5-7H2,1-4H3,(H,12,15)(H,13,14). The molecule has 0 aliphatic rings. The molecule has 0 fully saturated rings. The highest BCUT2D eigenvalue weighted by molar-refractivity contribution is 7.82. The van der Waals surface area contributed by atoms with Gasteiger partial charge in [0.2, 0.25) is 0 Å². The number of nitrogens with one attached hydrogen (secondary N) is 1. The van der Waals surface area contributed by atoms with Crippen molar-refractivity contribution in [2.24, 2.45) is 0 Å². The summed E-state index contributed by atoms with van der Waals surface area (Å²) < 4.78 is 3.97. The monoisotopic (exact) mass is 263 g/mol. The van der Waals surface area contributed by atoms with Gasteiger partial charge in [-0.05, 0) is 40.5 Å². The minimum atomic E-state index is -1.06. The first-order valence-corrected chi connectivity index (χ1v) is 5.92. The van der Waals surface area contributed by atoms with Gasteiger partial charge in [-0.2, -0.15) is 12.6 Å². The van der Waals surface area contributed by atoms with E-state index < -0.39 is 22.4 Å². The highest BCUT2D eigenvalue weighted by atomic mass is 32.1. The van der Waals surface area contributed by atoms with Crippen molar-refractivity contribution in [3.63, 3.8) is 0 Å². The van der Waals surface area contributed by atoms with Crippen LogP contribution in [0.5, 0.6) is 0 Å². The molecule has 1 unspecified atom stereocenters. The number of hydrogen-bond donors (Lipinski definition) is 3. The van der Waals surface area contributed by atoms with Crippen LogP contribution >= 0.6 is 12.6 Å². The van der Waals surface area contributed by atoms with Gasteiger partial charge in [-0.25, -0.2) is 4.79 Å². The summed E-state index contributed by atoms with van der Waals surface area (Å²) in [6.45, 7) is 7.25. The molecule has 0 aliphatic carbocycles. The van der Waals surface area contributed by atoms with Crippen molar-refractivity contribution in [3.8, 4) is 0 Å². The van der Waals surface area contributed by atoms with E-state index in [0.717, 1.165) is 0 Å². The molecule has 100 valence electrons. The minimum absolute atomic E-state index is 0.373. The van der Waals surface area contributed by atoms with Crippen molar-refractivity contribution in [1.29, 1.82) is 0 Å². The van der Waals surface area contributed by atoms with E-state index in [9.17, 15) is 9.59 Å². The van der Waals surface area contributed by atoms with Crippen LogP contribution in [-0.4, -0.2) is 34.1 Å². The van der Waals surface area contributed by atoms with Crippen molar-refractivity contribution < 1.29 is 19.4 Å².